The van der Waals surface area contributed by atoms with Crippen LogP contribution in [0.3, 0.4) is 0 Å². The van der Waals surface area contributed by atoms with Crippen molar-refractivity contribution < 1.29 is 23.4 Å². The topological polar surface area (TPSA) is 58.6 Å². The van der Waals surface area contributed by atoms with Crippen LogP contribution in [-0.4, -0.2) is 17.1 Å². The molecule has 0 saturated heterocycles. The third-order valence-corrected chi connectivity index (χ3v) is 3.57. The molecule has 0 aliphatic heterocycles. The van der Waals surface area contributed by atoms with Crippen LogP contribution in [0.15, 0.2) is 42.5 Å². The van der Waals surface area contributed by atoms with Crippen LogP contribution in [0.5, 0.6) is 5.75 Å². The van der Waals surface area contributed by atoms with Gasteiger partial charge in [-0.3, -0.25) is 4.79 Å². The smallest absolute Gasteiger partial charge is 0.261 e. The second kappa shape index (κ2) is 7.88. The normalized spacial score (nSPS) is 13.2. The number of amides is 1. The highest BCUT2D eigenvalue weighted by atomic mass is 19.2. The van der Waals surface area contributed by atoms with Gasteiger partial charge in [-0.25, -0.2) is 8.78 Å². The molecule has 128 valence electrons. The lowest BCUT2D eigenvalue weighted by Gasteiger charge is -2.19. The Morgan fingerprint density at radius 2 is 1.92 bits per heavy atom. The Hall–Kier alpha value is -2.47. The van der Waals surface area contributed by atoms with Crippen molar-refractivity contribution in [3.8, 4) is 5.75 Å². The Morgan fingerprint density at radius 1 is 1.21 bits per heavy atom. The maximum atomic E-state index is 13.8. The van der Waals surface area contributed by atoms with E-state index >= 15 is 0 Å². The summed E-state index contributed by atoms with van der Waals surface area (Å²) in [5, 5.41) is 11.7. The number of hydrogen-bond donors (Lipinski definition) is 2. The number of aliphatic hydroxyl groups excluding tert-OH is 1. The standard InChI is InChI=1S/C18H19F2NO3/c1-11(15-7-4-8-16(19)17(15)20)21-18(23)12(2)24-14-6-3-5-13(9-14)10-22/h3-9,11-12,22H,10H2,1-2H3,(H,21,23). The van der Waals surface area contributed by atoms with Crippen molar-refractivity contribution >= 4 is 5.91 Å². The molecule has 2 aromatic rings. The Kier molecular flexibility index (Phi) is 5.87. The highest BCUT2D eigenvalue weighted by Gasteiger charge is 2.20. The number of carbonyl (C=O) groups is 1. The van der Waals surface area contributed by atoms with E-state index in [1.54, 1.807) is 38.1 Å². The van der Waals surface area contributed by atoms with E-state index in [0.717, 1.165) is 6.07 Å². The number of aliphatic hydroxyl groups is 1. The van der Waals surface area contributed by atoms with Gasteiger partial charge in [0.1, 0.15) is 5.75 Å². The van der Waals surface area contributed by atoms with Gasteiger partial charge in [-0.1, -0.05) is 24.3 Å². The number of ether oxygens (including phenoxy) is 1. The third-order valence-electron chi connectivity index (χ3n) is 3.57. The van der Waals surface area contributed by atoms with Crippen LogP contribution < -0.4 is 10.1 Å². The van der Waals surface area contributed by atoms with E-state index in [9.17, 15) is 13.6 Å². The number of benzene rings is 2. The first-order chi connectivity index (χ1) is 11.4. The Balaban J connectivity index is 2.01. The number of nitrogens with one attached hydrogen (secondary N) is 1. The van der Waals surface area contributed by atoms with Gasteiger partial charge in [-0.05, 0) is 37.6 Å². The molecule has 0 saturated carbocycles. The summed E-state index contributed by atoms with van der Waals surface area (Å²) in [5.41, 5.74) is 0.730. The van der Waals surface area contributed by atoms with E-state index in [1.807, 2.05) is 0 Å². The fourth-order valence-electron chi connectivity index (χ4n) is 2.24. The predicted octanol–water partition coefficient (Wildman–Crippen LogP) is 3.10. The lowest BCUT2D eigenvalue weighted by molar-refractivity contribution is -0.127. The Morgan fingerprint density at radius 3 is 2.62 bits per heavy atom. The van der Waals surface area contributed by atoms with Gasteiger partial charge in [-0.2, -0.15) is 0 Å². The molecule has 0 aromatic heterocycles. The maximum absolute atomic E-state index is 13.8. The minimum absolute atomic E-state index is 0.0674. The zero-order valence-electron chi connectivity index (χ0n) is 13.4. The molecule has 2 N–H and O–H groups in total. The molecule has 2 rings (SSSR count). The maximum Gasteiger partial charge on any atom is 0.261 e. The molecule has 1 amide bonds. The summed E-state index contributed by atoms with van der Waals surface area (Å²) < 4.78 is 32.5. The lowest BCUT2D eigenvalue weighted by Crippen LogP contribution is -2.38. The van der Waals surface area contributed by atoms with Crippen molar-refractivity contribution in [3.63, 3.8) is 0 Å². The number of carbonyl (C=O) groups excluding carboxylic acids is 1. The SMILES string of the molecule is CC(Oc1cccc(CO)c1)C(=O)NC(C)c1cccc(F)c1F. The third kappa shape index (κ3) is 4.29. The van der Waals surface area contributed by atoms with E-state index in [2.05, 4.69) is 5.32 Å². The largest absolute Gasteiger partial charge is 0.481 e. The second-order valence-corrected chi connectivity index (χ2v) is 5.44. The Bertz CT molecular complexity index is 721. The highest BCUT2D eigenvalue weighted by Crippen LogP contribution is 2.20. The van der Waals surface area contributed by atoms with E-state index in [1.165, 1.54) is 12.1 Å². The molecular weight excluding hydrogens is 316 g/mol. The van der Waals surface area contributed by atoms with Crippen molar-refractivity contribution in [1.82, 2.24) is 5.32 Å². The van der Waals surface area contributed by atoms with Crippen molar-refractivity contribution in [2.45, 2.75) is 32.6 Å². The summed E-state index contributed by atoms with van der Waals surface area (Å²) >= 11 is 0. The quantitative estimate of drug-likeness (QED) is 0.853. The second-order valence-electron chi connectivity index (χ2n) is 5.44. The van der Waals surface area contributed by atoms with Crippen molar-refractivity contribution in [2.24, 2.45) is 0 Å². The summed E-state index contributed by atoms with van der Waals surface area (Å²) in [6.07, 6.45) is -0.835. The summed E-state index contributed by atoms with van der Waals surface area (Å²) in [7, 11) is 0. The van der Waals surface area contributed by atoms with Crippen molar-refractivity contribution in [3.05, 3.63) is 65.2 Å². The molecule has 2 aromatic carbocycles. The van der Waals surface area contributed by atoms with E-state index < -0.39 is 29.7 Å². The average molecular weight is 335 g/mol. The van der Waals surface area contributed by atoms with E-state index in [-0.39, 0.29) is 12.2 Å². The van der Waals surface area contributed by atoms with E-state index in [4.69, 9.17) is 9.84 Å². The molecule has 0 spiro atoms. The monoisotopic (exact) mass is 335 g/mol. The lowest BCUT2D eigenvalue weighted by atomic mass is 10.1. The molecule has 0 radical (unpaired) electrons. The zero-order valence-corrected chi connectivity index (χ0v) is 13.4. The van der Waals surface area contributed by atoms with Crippen LogP contribution in [-0.2, 0) is 11.4 Å². The van der Waals surface area contributed by atoms with Gasteiger partial charge in [0.2, 0.25) is 0 Å². The average Bonchev–Trinajstić information content (AvgIpc) is 2.57. The van der Waals surface area contributed by atoms with Gasteiger partial charge in [-0.15, -0.1) is 0 Å². The fourth-order valence-corrected chi connectivity index (χ4v) is 2.24. The van der Waals surface area contributed by atoms with Gasteiger partial charge in [0.15, 0.2) is 17.7 Å². The van der Waals surface area contributed by atoms with Crippen LogP contribution in [0.1, 0.15) is 31.0 Å². The molecular formula is C18H19F2NO3. The first kappa shape index (κ1) is 17.9. The van der Waals surface area contributed by atoms with Crippen LogP contribution in [0.25, 0.3) is 0 Å². The van der Waals surface area contributed by atoms with Gasteiger partial charge < -0.3 is 15.2 Å². The summed E-state index contributed by atoms with van der Waals surface area (Å²) in [6, 6.07) is 9.84. The summed E-state index contributed by atoms with van der Waals surface area (Å²) in [5.74, 6) is -1.96. The van der Waals surface area contributed by atoms with Crippen molar-refractivity contribution in [1.29, 1.82) is 0 Å². The zero-order chi connectivity index (χ0) is 17.7. The Labute approximate surface area is 139 Å². The number of rotatable bonds is 6. The van der Waals surface area contributed by atoms with Gasteiger partial charge in [0.05, 0.1) is 12.6 Å². The number of halogens is 2. The first-order valence-corrected chi connectivity index (χ1v) is 7.53. The van der Waals surface area contributed by atoms with Crippen LogP contribution in [0, 0.1) is 11.6 Å². The van der Waals surface area contributed by atoms with Gasteiger partial charge in [0.25, 0.3) is 5.91 Å². The fraction of sp³-hybridized carbons (Fsp3) is 0.278. The summed E-state index contributed by atoms with van der Waals surface area (Å²) in [4.78, 5) is 12.2. The molecule has 2 unspecified atom stereocenters. The van der Waals surface area contributed by atoms with Crippen LogP contribution in [0.2, 0.25) is 0 Å². The minimum atomic E-state index is -0.977. The van der Waals surface area contributed by atoms with Gasteiger partial charge in [0, 0.05) is 5.56 Å². The van der Waals surface area contributed by atoms with Gasteiger partial charge >= 0.3 is 0 Å². The molecule has 0 bridgehead atoms. The minimum Gasteiger partial charge on any atom is -0.481 e. The molecule has 0 aliphatic carbocycles. The van der Waals surface area contributed by atoms with Crippen molar-refractivity contribution in [2.75, 3.05) is 0 Å². The first-order valence-electron chi connectivity index (χ1n) is 7.53. The molecule has 4 nitrogen and oxygen atoms in total. The summed E-state index contributed by atoms with van der Waals surface area (Å²) in [6.45, 7) is 2.98. The van der Waals surface area contributed by atoms with Crippen LogP contribution in [0.4, 0.5) is 8.78 Å². The highest BCUT2D eigenvalue weighted by molar-refractivity contribution is 5.81. The molecule has 6 heteroatoms. The number of hydrogen-bond acceptors (Lipinski definition) is 3. The molecule has 0 aliphatic rings. The molecule has 0 heterocycles. The van der Waals surface area contributed by atoms with Crippen LogP contribution >= 0.6 is 0 Å². The predicted molar refractivity (Wildman–Crippen MR) is 85.4 cm³/mol. The molecule has 2 atom stereocenters. The molecule has 0 fully saturated rings. The molecule has 24 heavy (non-hydrogen) atoms. The van der Waals surface area contributed by atoms with E-state index in [0.29, 0.717) is 11.3 Å².